The van der Waals surface area contributed by atoms with Crippen molar-refractivity contribution in [3.05, 3.63) is 36.4 Å². The smallest absolute Gasteiger partial charge is 0.0932 e. The Hall–Kier alpha value is -1.70. The minimum absolute atomic E-state index is 0.0172. The van der Waals surface area contributed by atoms with Crippen molar-refractivity contribution in [3.8, 4) is 0 Å². The van der Waals surface area contributed by atoms with Gasteiger partial charge in [-0.2, -0.15) is 10.2 Å². The number of rotatable bonds is 7. The number of nitrogens with zero attached hydrogens (tertiary/aromatic N) is 4. The number of ether oxygens (including phenoxy) is 1. The summed E-state index contributed by atoms with van der Waals surface area (Å²) in [6.07, 6.45) is 7.94. The lowest BCUT2D eigenvalue weighted by Crippen LogP contribution is -2.54. The molecule has 1 aliphatic carbocycles. The van der Waals surface area contributed by atoms with Crippen molar-refractivity contribution in [3.63, 3.8) is 0 Å². The van der Waals surface area contributed by atoms with E-state index in [1.165, 1.54) is 0 Å². The van der Waals surface area contributed by atoms with E-state index in [0.29, 0.717) is 6.61 Å². The van der Waals surface area contributed by atoms with Gasteiger partial charge < -0.3 is 15.2 Å². The molecule has 3 atom stereocenters. The van der Waals surface area contributed by atoms with Gasteiger partial charge in [0.05, 0.1) is 31.5 Å². The van der Waals surface area contributed by atoms with Crippen LogP contribution in [0.1, 0.15) is 18.0 Å². The van der Waals surface area contributed by atoms with Crippen LogP contribution >= 0.6 is 0 Å². The van der Waals surface area contributed by atoms with Crippen LogP contribution in [-0.4, -0.2) is 50.5 Å². The van der Waals surface area contributed by atoms with E-state index >= 15 is 0 Å². The second-order valence-electron chi connectivity index (χ2n) is 5.37. The Labute approximate surface area is 123 Å². The number of methoxy groups -OCH3 is 1. The average molecular weight is 291 g/mol. The Morgan fingerprint density at radius 3 is 3.10 bits per heavy atom. The van der Waals surface area contributed by atoms with Crippen LogP contribution in [0.5, 0.6) is 0 Å². The van der Waals surface area contributed by atoms with Crippen LogP contribution < -0.4 is 5.32 Å². The maximum Gasteiger partial charge on any atom is 0.0932 e. The highest BCUT2D eigenvalue weighted by molar-refractivity contribution is 5.06. The third kappa shape index (κ3) is 3.15. The van der Waals surface area contributed by atoms with Crippen LogP contribution in [0.4, 0.5) is 0 Å². The van der Waals surface area contributed by atoms with Crippen molar-refractivity contribution in [1.82, 2.24) is 24.9 Å². The maximum atomic E-state index is 9.92. The van der Waals surface area contributed by atoms with Crippen LogP contribution in [0.25, 0.3) is 0 Å². The van der Waals surface area contributed by atoms with Gasteiger partial charge in [0.25, 0.3) is 0 Å². The number of hydrogen-bond acceptors (Lipinski definition) is 5. The van der Waals surface area contributed by atoms with Crippen LogP contribution in [0.2, 0.25) is 0 Å². The molecule has 2 aromatic rings. The Morgan fingerprint density at radius 1 is 1.48 bits per heavy atom. The van der Waals surface area contributed by atoms with Gasteiger partial charge in [-0.05, 0) is 12.5 Å². The van der Waals surface area contributed by atoms with Crippen molar-refractivity contribution in [2.45, 2.75) is 37.7 Å². The molecular weight excluding hydrogens is 270 g/mol. The van der Waals surface area contributed by atoms with E-state index in [2.05, 4.69) is 15.5 Å². The summed E-state index contributed by atoms with van der Waals surface area (Å²) in [4.78, 5) is 0. The summed E-state index contributed by atoms with van der Waals surface area (Å²) < 4.78 is 8.74. The molecule has 0 radical (unpaired) electrons. The first-order chi connectivity index (χ1) is 10.3. The molecule has 0 amide bonds. The molecule has 7 heteroatoms. The molecular formula is C14H21N5O2. The van der Waals surface area contributed by atoms with Gasteiger partial charge in [-0.15, -0.1) is 0 Å². The van der Waals surface area contributed by atoms with Gasteiger partial charge in [-0.1, -0.05) is 0 Å². The first-order valence-corrected chi connectivity index (χ1v) is 7.19. The lowest BCUT2D eigenvalue weighted by atomic mass is 9.83. The first-order valence-electron chi connectivity index (χ1n) is 7.19. The van der Waals surface area contributed by atoms with Crippen LogP contribution in [0.15, 0.2) is 30.9 Å². The molecule has 2 aromatic heterocycles. The second-order valence-corrected chi connectivity index (χ2v) is 5.37. The van der Waals surface area contributed by atoms with Gasteiger partial charge in [0.2, 0.25) is 0 Å². The Balaban J connectivity index is 1.52. The molecule has 21 heavy (non-hydrogen) atoms. The molecule has 2 heterocycles. The fourth-order valence-electron chi connectivity index (χ4n) is 2.69. The molecule has 3 rings (SSSR count). The van der Waals surface area contributed by atoms with Crippen molar-refractivity contribution >= 4 is 0 Å². The van der Waals surface area contributed by atoms with Crippen molar-refractivity contribution in [2.24, 2.45) is 0 Å². The lowest BCUT2D eigenvalue weighted by Gasteiger charge is -2.42. The number of hydrogen-bond donors (Lipinski definition) is 2. The minimum Gasteiger partial charge on any atom is -0.391 e. The fraction of sp³-hybridized carbons (Fsp3) is 0.571. The maximum absolute atomic E-state index is 9.92. The normalized spacial score (nSPS) is 25.0. The van der Waals surface area contributed by atoms with Crippen molar-refractivity contribution < 1.29 is 9.84 Å². The van der Waals surface area contributed by atoms with E-state index in [-0.39, 0.29) is 18.2 Å². The van der Waals surface area contributed by atoms with Crippen molar-refractivity contribution in [1.29, 1.82) is 0 Å². The highest BCUT2D eigenvalue weighted by Gasteiger charge is 2.41. The van der Waals surface area contributed by atoms with E-state index in [9.17, 15) is 5.11 Å². The Kier molecular flexibility index (Phi) is 4.33. The quantitative estimate of drug-likeness (QED) is 0.761. The molecule has 0 spiro atoms. The zero-order valence-corrected chi connectivity index (χ0v) is 12.1. The predicted octanol–water partition coefficient (Wildman–Crippen LogP) is 0.190. The van der Waals surface area contributed by atoms with Crippen LogP contribution in [0, 0.1) is 0 Å². The highest BCUT2D eigenvalue weighted by atomic mass is 16.5. The molecule has 1 fully saturated rings. The van der Waals surface area contributed by atoms with E-state index in [4.69, 9.17) is 4.74 Å². The molecule has 1 saturated carbocycles. The molecule has 0 aromatic carbocycles. The van der Waals surface area contributed by atoms with Gasteiger partial charge in [0.1, 0.15) is 0 Å². The lowest BCUT2D eigenvalue weighted by molar-refractivity contribution is -0.00822. The summed E-state index contributed by atoms with van der Waals surface area (Å²) in [5.74, 6) is 0. The van der Waals surface area contributed by atoms with Gasteiger partial charge in [0, 0.05) is 43.9 Å². The summed E-state index contributed by atoms with van der Waals surface area (Å²) in [6, 6.07) is 2.13. The van der Waals surface area contributed by atoms with Crippen LogP contribution in [-0.2, 0) is 17.8 Å². The molecule has 0 bridgehead atoms. The number of aliphatic hydroxyl groups is 1. The van der Waals surface area contributed by atoms with Gasteiger partial charge in [-0.3, -0.25) is 9.36 Å². The summed E-state index contributed by atoms with van der Waals surface area (Å²) in [5.41, 5.74) is 1.13. The standard InChI is InChI=1S/C14H21N5O2/c1-21-6-5-18-10-11(9-17-18)8-15-12-7-13(20)14(12)19-4-2-3-16-19/h2-4,9-10,12-15,20H,5-8H2,1H3/t12-,13+,14+/m0/s1. The molecule has 0 aliphatic heterocycles. The summed E-state index contributed by atoms with van der Waals surface area (Å²) in [5, 5.41) is 21.9. The molecule has 0 saturated heterocycles. The largest absolute Gasteiger partial charge is 0.391 e. The number of aromatic nitrogens is 4. The zero-order chi connectivity index (χ0) is 14.7. The van der Waals surface area contributed by atoms with Gasteiger partial charge in [0.15, 0.2) is 0 Å². The van der Waals surface area contributed by atoms with E-state index in [1.807, 2.05) is 34.0 Å². The first kappa shape index (κ1) is 14.2. The second kappa shape index (κ2) is 6.38. The zero-order valence-electron chi connectivity index (χ0n) is 12.1. The van der Waals surface area contributed by atoms with Crippen LogP contribution in [0.3, 0.4) is 0 Å². The monoisotopic (exact) mass is 291 g/mol. The van der Waals surface area contributed by atoms with Gasteiger partial charge >= 0.3 is 0 Å². The highest BCUT2D eigenvalue weighted by Crippen LogP contribution is 2.32. The van der Waals surface area contributed by atoms with E-state index < -0.39 is 0 Å². The number of aliphatic hydroxyl groups excluding tert-OH is 1. The topological polar surface area (TPSA) is 77.1 Å². The molecule has 0 unspecified atom stereocenters. The van der Waals surface area contributed by atoms with E-state index in [0.717, 1.165) is 25.1 Å². The Morgan fingerprint density at radius 2 is 2.38 bits per heavy atom. The third-order valence-electron chi connectivity index (χ3n) is 3.91. The fourth-order valence-corrected chi connectivity index (χ4v) is 2.69. The third-order valence-corrected chi connectivity index (χ3v) is 3.91. The SMILES string of the molecule is COCCn1cc(CN[C@H]2C[C@@H](O)[C@@H]2n2cccn2)cn1. The summed E-state index contributed by atoms with van der Waals surface area (Å²) >= 11 is 0. The Bertz CT molecular complexity index is 553. The molecule has 2 N–H and O–H groups in total. The summed E-state index contributed by atoms with van der Waals surface area (Å²) in [7, 11) is 1.68. The van der Waals surface area contributed by atoms with Gasteiger partial charge in [-0.25, -0.2) is 0 Å². The molecule has 114 valence electrons. The van der Waals surface area contributed by atoms with Crippen molar-refractivity contribution in [2.75, 3.05) is 13.7 Å². The molecule has 7 nitrogen and oxygen atoms in total. The minimum atomic E-state index is -0.327. The summed E-state index contributed by atoms with van der Waals surface area (Å²) in [6.45, 7) is 2.15. The predicted molar refractivity (Wildman–Crippen MR) is 76.6 cm³/mol. The van der Waals surface area contributed by atoms with E-state index in [1.54, 1.807) is 13.3 Å². The number of nitrogens with one attached hydrogen (secondary N) is 1. The molecule has 1 aliphatic rings. The average Bonchev–Trinajstić information content (AvgIpc) is 3.12.